The fraction of sp³-hybridized carbons (Fsp3) is 0.375. The topological polar surface area (TPSA) is 87.9 Å². The smallest absolute Gasteiger partial charge is 0.262 e. The Morgan fingerprint density at radius 3 is 2.64 bits per heavy atom. The summed E-state index contributed by atoms with van der Waals surface area (Å²) in [4.78, 5) is 6.21. The number of rotatable bonds is 5. The SMILES string of the molecule is COc1cccc(-c2ccc3c(c2)[C@H]2[C@H](CCN2S(=O)(=O)c2cn(C)cn2)[C@H](CO)N3C)c1. The van der Waals surface area contributed by atoms with Crippen LogP contribution in [0.4, 0.5) is 5.69 Å². The van der Waals surface area contributed by atoms with Crippen LogP contribution in [0.1, 0.15) is 18.0 Å². The van der Waals surface area contributed by atoms with Crippen molar-refractivity contribution in [1.82, 2.24) is 13.9 Å². The number of sulfonamides is 1. The third-order valence-electron chi connectivity index (χ3n) is 6.96. The van der Waals surface area contributed by atoms with Gasteiger partial charge in [-0.25, -0.2) is 13.4 Å². The van der Waals surface area contributed by atoms with Crippen molar-refractivity contribution in [3.8, 4) is 16.9 Å². The molecule has 2 aliphatic heterocycles. The Morgan fingerprint density at radius 1 is 1.15 bits per heavy atom. The number of hydrogen-bond acceptors (Lipinski definition) is 6. The van der Waals surface area contributed by atoms with Gasteiger partial charge in [0, 0.05) is 38.4 Å². The van der Waals surface area contributed by atoms with Crippen LogP contribution in [0.3, 0.4) is 0 Å². The number of ether oxygens (including phenoxy) is 1. The molecule has 3 heterocycles. The van der Waals surface area contributed by atoms with E-state index in [1.165, 1.54) is 12.5 Å². The van der Waals surface area contributed by atoms with Crippen molar-refractivity contribution >= 4 is 15.7 Å². The highest BCUT2D eigenvalue weighted by Gasteiger charge is 2.50. The average Bonchev–Trinajstić information content (AvgIpc) is 3.47. The highest BCUT2D eigenvalue weighted by atomic mass is 32.2. The Kier molecular flexibility index (Phi) is 5.43. The third kappa shape index (κ3) is 3.51. The van der Waals surface area contributed by atoms with Gasteiger partial charge in [-0.05, 0) is 47.4 Å². The van der Waals surface area contributed by atoms with E-state index in [9.17, 15) is 13.5 Å². The fourth-order valence-corrected chi connectivity index (χ4v) is 6.94. The molecular weight excluding hydrogens is 440 g/mol. The molecule has 2 aromatic carbocycles. The second-order valence-corrected chi connectivity index (χ2v) is 10.6. The molecule has 1 N–H and O–H groups in total. The first-order valence-electron chi connectivity index (χ1n) is 11.0. The zero-order valence-electron chi connectivity index (χ0n) is 18.9. The lowest BCUT2D eigenvalue weighted by atomic mass is 9.81. The zero-order valence-corrected chi connectivity index (χ0v) is 19.7. The van der Waals surface area contributed by atoms with Gasteiger partial charge in [0.25, 0.3) is 10.0 Å². The molecule has 3 atom stereocenters. The van der Waals surface area contributed by atoms with Crippen molar-refractivity contribution in [1.29, 1.82) is 0 Å². The molecule has 0 bridgehead atoms. The van der Waals surface area contributed by atoms with Gasteiger partial charge >= 0.3 is 0 Å². The largest absolute Gasteiger partial charge is 0.497 e. The summed E-state index contributed by atoms with van der Waals surface area (Å²) in [7, 11) is 1.58. The molecule has 1 aromatic heterocycles. The molecule has 0 spiro atoms. The Balaban J connectivity index is 1.64. The number of anilines is 1. The maximum Gasteiger partial charge on any atom is 0.262 e. The van der Waals surface area contributed by atoms with Crippen molar-refractivity contribution in [3.05, 3.63) is 60.6 Å². The molecular formula is C24H28N4O4S. The molecule has 9 heteroatoms. The van der Waals surface area contributed by atoms with E-state index in [2.05, 4.69) is 16.0 Å². The van der Waals surface area contributed by atoms with Crippen LogP contribution >= 0.6 is 0 Å². The monoisotopic (exact) mass is 468 g/mol. The number of aliphatic hydroxyl groups is 1. The summed E-state index contributed by atoms with van der Waals surface area (Å²) in [6.07, 6.45) is 3.71. The maximum atomic E-state index is 13.6. The minimum absolute atomic E-state index is 0.0217. The van der Waals surface area contributed by atoms with E-state index in [0.29, 0.717) is 13.0 Å². The summed E-state index contributed by atoms with van der Waals surface area (Å²) >= 11 is 0. The van der Waals surface area contributed by atoms with Gasteiger partial charge < -0.3 is 19.3 Å². The summed E-state index contributed by atoms with van der Waals surface area (Å²) in [5, 5.41) is 10.2. The molecule has 1 fully saturated rings. The van der Waals surface area contributed by atoms with E-state index in [-0.39, 0.29) is 29.6 Å². The van der Waals surface area contributed by atoms with E-state index in [1.807, 2.05) is 43.4 Å². The Morgan fingerprint density at radius 2 is 1.94 bits per heavy atom. The number of aryl methyl sites for hydroxylation is 1. The van der Waals surface area contributed by atoms with Gasteiger partial charge in [0.2, 0.25) is 0 Å². The fourth-order valence-electron chi connectivity index (χ4n) is 5.31. The normalized spacial score (nSPS) is 22.8. The standard InChI is InChI=1S/C24H28N4O4S/c1-26-13-23(25-15-26)33(30,31)28-10-9-19-22(14-29)27(2)21-8-7-17(12-20(21)24(19)28)16-5-4-6-18(11-16)32-3/h4-8,11-13,15,19,22,24,29H,9-10,14H2,1-3H3/t19-,22+,24-/m1/s1. The predicted octanol–water partition coefficient (Wildman–Crippen LogP) is 2.66. The molecule has 1 saturated heterocycles. The van der Waals surface area contributed by atoms with E-state index < -0.39 is 10.0 Å². The number of aromatic nitrogens is 2. The molecule has 2 aliphatic rings. The van der Waals surface area contributed by atoms with Crippen LogP contribution in [0, 0.1) is 5.92 Å². The number of methoxy groups -OCH3 is 1. The van der Waals surface area contributed by atoms with Crippen LogP contribution in [0.5, 0.6) is 5.75 Å². The lowest BCUT2D eigenvalue weighted by molar-refractivity contribution is 0.193. The van der Waals surface area contributed by atoms with Crippen molar-refractivity contribution in [2.75, 3.05) is 32.2 Å². The van der Waals surface area contributed by atoms with Crippen LogP contribution in [-0.2, 0) is 17.1 Å². The number of fused-ring (bicyclic) bond motifs is 3. The Labute approximate surface area is 194 Å². The highest BCUT2D eigenvalue weighted by molar-refractivity contribution is 7.89. The first-order valence-corrected chi connectivity index (χ1v) is 12.4. The van der Waals surface area contributed by atoms with Crippen molar-refractivity contribution < 1.29 is 18.3 Å². The molecule has 0 radical (unpaired) electrons. The minimum Gasteiger partial charge on any atom is -0.497 e. The van der Waals surface area contributed by atoms with Crippen LogP contribution in [-0.4, -0.2) is 60.7 Å². The maximum absolute atomic E-state index is 13.6. The van der Waals surface area contributed by atoms with Crippen LogP contribution in [0.25, 0.3) is 11.1 Å². The predicted molar refractivity (Wildman–Crippen MR) is 126 cm³/mol. The van der Waals surface area contributed by atoms with E-state index >= 15 is 0 Å². The summed E-state index contributed by atoms with van der Waals surface area (Å²) in [5.41, 5.74) is 3.87. The van der Waals surface area contributed by atoms with Crippen LogP contribution < -0.4 is 9.64 Å². The summed E-state index contributed by atoms with van der Waals surface area (Å²) in [6.45, 7) is 0.355. The van der Waals surface area contributed by atoms with E-state index in [0.717, 1.165) is 28.1 Å². The molecule has 174 valence electrons. The number of likely N-dealkylation sites (N-methyl/N-ethyl adjacent to an activating group) is 1. The Bertz CT molecular complexity index is 1290. The van der Waals surface area contributed by atoms with Crippen molar-refractivity contribution in [2.45, 2.75) is 23.5 Å². The van der Waals surface area contributed by atoms with Gasteiger partial charge in [-0.3, -0.25) is 0 Å². The number of aliphatic hydroxyl groups excluding tert-OH is 1. The first-order chi connectivity index (χ1) is 15.8. The number of imidazole rings is 1. The van der Waals surface area contributed by atoms with E-state index in [1.54, 1.807) is 23.0 Å². The van der Waals surface area contributed by atoms with Crippen molar-refractivity contribution in [3.63, 3.8) is 0 Å². The van der Waals surface area contributed by atoms with Gasteiger partial charge in [0.1, 0.15) is 5.75 Å². The molecule has 33 heavy (non-hydrogen) atoms. The molecule has 0 saturated carbocycles. The summed E-state index contributed by atoms with van der Waals surface area (Å²) in [6, 6.07) is 13.4. The molecule has 0 amide bonds. The quantitative estimate of drug-likeness (QED) is 0.620. The van der Waals surface area contributed by atoms with Gasteiger partial charge in [0.05, 0.1) is 32.1 Å². The van der Waals surface area contributed by atoms with Crippen molar-refractivity contribution in [2.24, 2.45) is 13.0 Å². The molecule has 5 rings (SSSR count). The third-order valence-corrected chi connectivity index (χ3v) is 8.73. The van der Waals surface area contributed by atoms with Gasteiger partial charge in [-0.15, -0.1) is 0 Å². The second-order valence-electron chi connectivity index (χ2n) is 8.76. The summed E-state index contributed by atoms with van der Waals surface area (Å²) in [5.74, 6) is 0.743. The average molecular weight is 469 g/mol. The van der Waals surface area contributed by atoms with Gasteiger partial charge in [-0.1, -0.05) is 18.2 Å². The lowest BCUT2D eigenvalue weighted by Crippen LogP contribution is -2.48. The first kappa shape index (κ1) is 21.9. The molecule has 3 aromatic rings. The minimum atomic E-state index is -3.79. The summed E-state index contributed by atoms with van der Waals surface area (Å²) < 4.78 is 35.8. The van der Waals surface area contributed by atoms with Crippen LogP contribution in [0.15, 0.2) is 60.0 Å². The number of nitrogens with zero attached hydrogens (tertiary/aromatic N) is 4. The molecule has 0 unspecified atom stereocenters. The van der Waals surface area contributed by atoms with Gasteiger partial charge in [-0.2, -0.15) is 4.31 Å². The molecule has 8 nitrogen and oxygen atoms in total. The zero-order chi connectivity index (χ0) is 23.3. The number of hydrogen-bond donors (Lipinski definition) is 1. The van der Waals surface area contributed by atoms with E-state index in [4.69, 9.17) is 4.74 Å². The Hall–Kier alpha value is -2.88. The lowest BCUT2D eigenvalue weighted by Gasteiger charge is -2.44. The number of benzene rings is 2. The second kappa shape index (κ2) is 8.16. The van der Waals surface area contributed by atoms with Gasteiger partial charge in [0.15, 0.2) is 5.03 Å². The highest BCUT2D eigenvalue weighted by Crippen LogP contribution is 2.51. The molecule has 0 aliphatic carbocycles. The van der Waals surface area contributed by atoms with Crippen LogP contribution in [0.2, 0.25) is 0 Å².